The fourth-order valence-corrected chi connectivity index (χ4v) is 5.37. The van der Waals surface area contributed by atoms with Crippen molar-refractivity contribution in [1.29, 1.82) is 0 Å². The molecule has 0 atom stereocenters. The zero-order valence-corrected chi connectivity index (χ0v) is 20.0. The molecule has 146 valence electrons. The molecule has 2 heterocycles. The summed E-state index contributed by atoms with van der Waals surface area (Å²) in [6, 6.07) is 9.01. The number of hydrogen-bond acceptors (Lipinski definition) is 4. The first-order valence-corrected chi connectivity index (χ1v) is 11.2. The summed E-state index contributed by atoms with van der Waals surface area (Å²) in [4.78, 5) is 9.37. The van der Waals surface area contributed by atoms with Crippen LogP contribution < -0.4 is 10.2 Å². The summed E-state index contributed by atoms with van der Waals surface area (Å²) >= 11 is 4.10. The summed E-state index contributed by atoms with van der Waals surface area (Å²) in [5, 5.41) is 3.54. The Balaban J connectivity index is 0.00000243. The van der Waals surface area contributed by atoms with Gasteiger partial charge in [0.15, 0.2) is 5.96 Å². The standard InChI is InChI=1S/C19H30N4S2.HI/c1-19(2)15-23(10-13-25-19)18(20-3)21-14-16-4-6-17(7-5-16)22-8-11-24-12-9-22;/h4-7H,8-15H2,1-3H3,(H,20,21);1H. The van der Waals surface area contributed by atoms with Crippen molar-refractivity contribution in [2.75, 3.05) is 55.4 Å². The van der Waals surface area contributed by atoms with Crippen molar-refractivity contribution in [3.8, 4) is 0 Å². The predicted octanol–water partition coefficient (Wildman–Crippen LogP) is 3.76. The number of guanidine groups is 1. The van der Waals surface area contributed by atoms with E-state index in [9.17, 15) is 0 Å². The molecular formula is C19H31IN4S2. The van der Waals surface area contributed by atoms with Gasteiger partial charge in [0.1, 0.15) is 0 Å². The van der Waals surface area contributed by atoms with Gasteiger partial charge >= 0.3 is 0 Å². The molecule has 26 heavy (non-hydrogen) atoms. The zero-order valence-electron chi connectivity index (χ0n) is 16.0. The van der Waals surface area contributed by atoms with E-state index in [1.165, 1.54) is 22.8 Å². The van der Waals surface area contributed by atoms with Crippen LogP contribution in [0.4, 0.5) is 5.69 Å². The van der Waals surface area contributed by atoms with E-state index >= 15 is 0 Å². The first-order chi connectivity index (χ1) is 12.1. The molecule has 3 rings (SSSR count). The number of aliphatic imine (C=N–C) groups is 1. The molecule has 0 radical (unpaired) electrons. The lowest BCUT2D eigenvalue weighted by Crippen LogP contribution is -2.50. The van der Waals surface area contributed by atoms with E-state index in [-0.39, 0.29) is 24.0 Å². The number of hydrogen-bond donors (Lipinski definition) is 1. The molecule has 0 aliphatic carbocycles. The van der Waals surface area contributed by atoms with Crippen LogP contribution in [-0.2, 0) is 6.54 Å². The van der Waals surface area contributed by atoms with E-state index < -0.39 is 0 Å². The van der Waals surface area contributed by atoms with Crippen LogP contribution >= 0.6 is 47.5 Å². The number of anilines is 1. The first kappa shape index (κ1) is 22.0. The first-order valence-electron chi connectivity index (χ1n) is 9.09. The Bertz CT molecular complexity index is 586. The molecule has 0 saturated carbocycles. The molecule has 4 nitrogen and oxygen atoms in total. The quantitative estimate of drug-likeness (QED) is 0.384. The van der Waals surface area contributed by atoms with E-state index in [4.69, 9.17) is 0 Å². The number of thioether (sulfide) groups is 2. The van der Waals surface area contributed by atoms with Crippen LogP contribution in [-0.4, -0.2) is 66.1 Å². The van der Waals surface area contributed by atoms with Crippen molar-refractivity contribution in [3.63, 3.8) is 0 Å². The summed E-state index contributed by atoms with van der Waals surface area (Å²) in [6.45, 7) is 9.90. The zero-order chi connectivity index (χ0) is 17.7. The highest BCUT2D eigenvalue weighted by Gasteiger charge is 2.28. The van der Waals surface area contributed by atoms with Gasteiger partial charge in [-0.25, -0.2) is 0 Å². The fourth-order valence-electron chi connectivity index (χ4n) is 3.36. The average molecular weight is 507 g/mol. The van der Waals surface area contributed by atoms with E-state index in [1.54, 1.807) is 0 Å². The molecule has 2 fully saturated rings. The second-order valence-corrected chi connectivity index (χ2v) is 10.2. The molecular weight excluding hydrogens is 475 g/mol. The highest BCUT2D eigenvalue weighted by atomic mass is 127. The highest BCUT2D eigenvalue weighted by molar-refractivity contribution is 14.0. The van der Waals surface area contributed by atoms with Crippen LogP contribution in [0, 0.1) is 0 Å². The van der Waals surface area contributed by atoms with Gasteiger partial charge in [-0.15, -0.1) is 24.0 Å². The summed E-state index contributed by atoms with van der Waals surface area (Å²) in [7, 11) is 1.88. The highest BCUT2D eigenvalue weighted by Crippen LogP contribution is 2.29. The van der Waals surface area contributed by atoms with Crippen molar-refractivity contribution in [3.05, 3.63) is 29.8 Å². The lowest BCUT2D eigenvalue weighted by atomic mass is 10.2. The van der Waals surface area contributed by atoms with Crippen LogP contribution in [0.5, 0.6) is 0 Å². The van der Waals surface area contributed by atoms with Gasteiger partial charge in [-0.3, -0.25) is 4.99 Å². The molecule has 0 amide bonds. The Morgan fingerprint density at radius 1 is 1.12 bits per heavy atom. The van der Waals surface area contributed by atoms with Gasteiger partial charge in [0.2, 0.25) is 0 Å². The SMILES string of the molecule is CN=C(NCc1ccc(N2CCSCC2)cc1)N1CCSC(C)(C)C1.I. The predicted molar refractivity (Wildman–Crippen MR) is 130 cm³/mol. The number of benzene rings is 1. The minimum Gasteiger partial charge on any atom is -0.370 e. The van der Waals surface area contributed by atoms with Crippen LogP contribution in [0.1, 0.15) is 19.4 Å². The molecule has 0 spiro atoms. The Kier molecular flexibility index (Phi) is 8.73. The number of halogens is 1. The second-order valence-electron chi connectivity index (χ2n) is 7.20. The Labute approximate surface area is 184 Å². The molecule has 0 bridgehead atoms. The van der Waals surface area contributed by atoms with E-state index in [0.717, 1.165) is 44.4 Å². The van der Waals surface area contributed by atoms with Gasteiger partial charge in [-0.05, 0) is 31.5 Å². The monoisotopic (exact) mass is 506 g/mol. The summed E-state index contributed by atoms with van der Waals surface area (Å²) in [6.07, 6.45) is 0. The van der Waals surface area contributed by atoms with Crippen molar-refractivity contribution in [2.24, 2.45) is 4.99 Å². The molecule has 2 aliphatic rings. The maximum absolute atomic E-state index is 4.49. The van der Waals surface area contributed by atoms with Crippen LogP contribution in [0.15, 0.2) is 29.3 Å². The second kappa shape index (κ2) is 10.3. The smallest absolute Gasteiger partial charge is 0.193 e. The third kappa shape index (κ3) is 6.12. The van der Waals surface area contributed by atoms with E-state index in [0.29, 0.717) is 4.75 Å². The minimum absolute atomic E-state index is 0. The van der Waals surface area contributed by atoms with Gasteiger partial charge in [0.05, 0.1) is 0 Å². The summed E-state index contributed by atoms with van der Waals surface area (Å²) in [5.41, 5.74) is 2.66. The number of nitrogens with one attached hydrogen (secondary N) is 1. The van der Waals surface area contributed by atoms with Gasteiger partial charge in [0, 0.05) is 67.5 Å². The van der Waals surface area contributed by atoms with Gasteiger partial charge in [-0.1, -0.05) is 12.1 Å². The maximum Gasteiger partial charge on any atom is 0.193 e. The molecule has 0 unspecified atom stereocenters. The summed E-state index contributed by atoms with van der Waals surface area (Å²) < 4.78 is 0.296. The van der Waals surface area contributed by atoms with Crippen molar-refractivity contribution >= 4 is 59.1 Å². The Morgan fingerprint density at radius 3 is 2.42 bits per heavy atom. The molecule has 1 aromatic carbocycles. The number of rotatable bonds is 3. The van der Waals surface area contributed by atoms with E-state index in [1.807, 2.05) is 7.05 Å². The lowest BCUT2D eigenvalue weighted by Gasteiger charge is -2.39. The Morgan fingerprint density at radius 2 is 1.81 bits per heavy atom. The largest absolute Gasteiger partial charge is 0.370 e. The molecule has 1 N–H and O–H groups in total. The summed E-state index contributed by atoms with van der Waals surface area (Å²) in [5.74, 6) is 4.66. The van der Waals surface area contributed by atoms with Crippen LogP contribution in [0.2, 0.25) is 0 Å². The van der Waals surface area contributed by atoms with Crippen LogP contribution in [0.3, 0.4) is 0 Å². The maximum atomic E-state index is 4.49. The Hall–Kier alpha value is -0.280. The fraction of sp³-hybridized carbons (Fsp3) is 0.632. The van der Waals surface area contributed by atoms with Crippen molar-refractivity contribution in [1.82, 2.24) is 10.2 Å². The molecule has 2 aliphatic heterocycles. The molecule has 0 aromatic heterocycles. The van der Waals surface area contributed by atoms with Gasteiger partial charge in [0.25, 0.3) is 0 Å². The topological polar surface area (TPSA) is 30.9 Å². The molecule has 2 saturated heterocycles. The van der Waals surface area contributed by atoms with Gasteiger partial charge in [-0.2, -0.15) is 23.5 Å². The van der Waals surface area contributed by atoms with Crippen molar-refractivity contribution < 1.29 is 0 Å². The van der Waals surface area contributed by atoms with Crippen LogP contribution in [0.25, 0.3) is 0 Å². The lowest BCUT2D eigenvalue weighted by molar-refractivity contribution is 0.376. The van der Waals surface area contributed by atoms with E-state index in [2.05, 4.69) is 81.7 Å². The van der Waals surface area contributed by atoms with Crippen molar-refractivity contribution in [2.45, 2.75) is 25.1 Å². The van der Waals surface area contributed by atoms with Gasteiger partial charge < -0.3 is 15.1 Å². The third-order valence-corrected chi connectivity index (χ3v) is 6.94. The minimum atomic E-state index is 0. The molecule has 7 heteroatoms. The normalized spacial score (nSPS) is 20.5. The molecule has 1 aromatic rings. The average Bonchev–Trinajstić information content (AvgIpc) is 2.63. The third-order valence-electron chi connectivity index (χ3n) is 4.70. The number of nitrogens with zero attached hydrogens (tertiary/aromatic N) is 3.